The highest BCUT2D eigenvalue weighted by atomic mass is 35.5. The zero-order valence-corrected chi connectivity index (χ0v) is 13.1. The minimum atomic E-state index is 0.303. The summed E-state index contributed by atoms with van der Waals surface area (Å²) < 4.78 is 5.87. The third-order valence-corrected chi connectivity index (χ3v) is 3.91. The first-order chi connectivity index (χ1) is 10.3. The van der Waals surface area contributed by atoms with Gasteiger partial charge in [0.25, 0.3) is 0 Å². The van der Waals surface area contributed by atoms with E-state index in [4.69, 9.17) is 16.3 Å². The van der Waals surface area contributed by atoms with Gasteiger partial charge in [0.15, 0.2) is 0 Å². The first kappa shape index (κ1) is 16.0. The molecule has 0 unspecified atom stereocenters. The van der Waals surface area contributed by atoms with Crippen molar-refractivity contribution >= 4 is 22.4 Å². The maximum Gasteiger partial charge on any atom is 0.127 e. The van der Waals surface area contributed by atoms with Gasteiger partial charge in [0.1, 0.15) is 11.5 Å². The highest BCUT2D eigenvalue weighted by molar-refractivity contribution is 6.17. The lowest BCUT2D eigenvalue weighted by Gasteiger charge is -2.10. The molecule has 0 radical (unpaired) electrons. The fourth-order valence-electron chi connectivity index (χ4n) is 2.47. The number of rotatable bonds is 9. The van der Waals surface area contributed by atoms with Crippen molar-refractivity contribution in [1.29, 1.82) is 0 Å². The van der Waals surface area contributed by atoms with Crippen LogP contribution in [-0.2, 0) is 0 Å². The van der Waals surface area contributed by atoms with Crippen molar-refractivity contribution in [2.45, 2.75) is 38.5 Å². The van der Waals surface area contributed by atoms with Crippen molar-refractivity contribution < 1.29 is 9.84 Å². The van der Waals surface area contributed by atoms with Gasteiger partial charge >= 0.3 is 0 Å². The van der Waals surface area contributed by atoms with E-state index in [0.717, 1.165) is 41.9 Å². The molecule has 0 aliphatic carbocycles. The van der Waals surface area contributed by atoms with E-state index in [1.54, 1.807) is 6.07 Å². The summed E-state index contributed by atoms with van der Waals surface area (Å²) in [5, 5.41) is 11.7. The molecule has 0 aliphatic rings. The molecule has 0 heterocycles. The molecule has 0 fully saturated rings. The number of benzene rings is 2. The Morgan fingerprint density at radius 2 is 1.48 bits per heavy atom. The molecular formula is C18H23ClO2. The predicted octanol–water partition coefficient (Wildman–Crippen LogP) is 5.50. The Bertz CT molecular complexity index is 554. The second-order valence-corrected chi connectivity index (χ2v) is 5.67. The molecule has 0 aromatic heterocycles. The van der Waals surface area contributed by atoms with Crippen LogP contribution in [0.2, 0.25) is 0 Å². The molecule has 0 saturated heterocycles. The summed E-state index contributed by atoms with van der Waals surface area (Å²) in [6, 6.07) is 11.3. The summed E-state index contributed by atoms with van der Waals surface area (Å²) in [4.78, 5) is 0. The van der Waals surface area contributed by atoms with Crippen LogP contribution in [0.1, 0.15) is 38.5 Å². The van der Waals surface area contributed by atoms with Crippen molar-refractivity contribution in [3.05, 3.63) is 36.4 Å². The molecule has 2 rings (SSSR count). The van der Waals surface area contributed by atoms with Crippen LogP contribution in [0.5, 0.6) is 11.5 Å². The molecule has 2 nitrogen and oxygen atoms in total. The first-order valence-corrected chi connectivity index (χ1v) is 8.26. The summed E-state index contributed by atoms with van der Waals surface area (Å²) in [5.74, 6) is 1.93. The van der Waals surface area contributed by atoms with Gasteiger partial charge in [-0.3, -0.25) is 0 Å². The molecule has 2 aromatic rings. The molecule has 0 aliphatic heterocycles. The molecule has 21 heavy (non-hydrogen) atoms. The molecule has 0 amide bonds. The summed E-state index contributed by atoms with van der Waals surface area (Å²) in [5.41, 5.74) is 0. The van der Waals surface area contributed by atoms with Crippen molar-refractivity contribution in [1.82, 2.24) is 0 Å². The number of halogens is 1. The Morgan fingerprint density at radius 3 is 2.24 bits per heavy atom. The molecule has 114 valence electrons. The van der Waals surface area contributed by atoms with Gasteiger partial charge in [-0.15, -0.1) is 11.6 Å². The summed E-state index contributed by atoms with van der Waals surface area (Å²) in [6.45, 7) is 0.726. The lowest BCUT2D eigenvalue weighted by molar-refractivity contribution is 0.307. The predicted molar refractivity (Wildman–Crippen MR) is 89.5 cm³/mol. The largest absolute Gasteiger partial charge is 0.507 e. The Morgan fingerprint density at radius 1 is 0.810 bits per heavy atom. The van der Waals surface area contributed by atoms with Crippen molar-refractivity contribution in [3.63, 3.8) is 0 Å². The number of alkyl halides is 1. The van der Waals surface area contributed by atoms with E-state index >= 15 is 0 Å². The van der Waals surface area contributed by atoms with E-state index in [-0.39, 0.29) is 0 Å². The average molecular weight is 307 g/mol. The molecule has 3 heteroatoms. The second-order valence-electron chi connectivity index (χ2n) is 5.29. The van der Waals surface area contributed by atoms with Crippen LogP contribution in [0.15, 0.2) is 36.4 Å². The van der Waals surface area contributed by atoms with Crippen LogP contribution in [-0.4, -0.2) is 17.6 Å². The Kier molecular flexibility index (Phi) is 6.68. The van der Waals surface area contributed by atoms with Gasteiger partial charge in [0, 0.05) is 16.7 Å². The number of ether oxygens (including phenoxy) is 1. The third-order valence-electron chi connectivity index (χ3n) is 3.65. The van der Waals surface area contributed by atoms with E-state index < -0.39 is 0 Å². The minimum absolute atomic E-state index is 0.303. The normalized spacial score (nSPS) is 10.9. The topological polar surface area (TPSA) is 29.5 Å². The van der Waals surface area contributed by atoms with Gasteiger partial charge in [0.2, 0.25) is 0 Å². The first-order valence-electron chi connectivity index (χ1n) is 7.72. The van der Waals surface area contributed by atoms with Gasteiger partial charge in [-0.1, -0.05) is 49.9 Å². The fourth-order valence-corrected chi connectivity index (χ4v) is 2.66. The van der Waals surface area contributed by atoms with Crippen LogP contribution in [0.25, 0.3) is 10.8 Å². The molecule has 2 aromatic carbocycles. The molecule has 0 bridgehead atoms. The standard InChI is InChI=1S/C18H23ClO2/c19-13-7-3-1-2-4-8-14-21-18-12-11-17(20)15-9-5-6-10-16(15)18/h5-6,9-12,20H,1-4,7-8,13-14H2. The molecule has 0 atom stereocenters. The van der Waals surface area contributed by atoms with Gasteiger partial charge in [-0.25, -0.2) is 0 Å². The quantitative estimate of drug-likeness (QED) is 0.489. The Hall–Kier alpha value is -1.41. The maximum absolute atomic E-state index is 9.84. The highest BCUT2D eigenvalue weighted by Gasteiger charge is 2.05. The van der Waals surface area contributed by atoms with Crippen LogP contribution >= 0.6 is 11.6 Å². The molecule has 0 saturated carbocycles. The number of aromatic hydroxyl groups is 1. The summed E-state index contributed by atoms with van der Waals surface area (Å²) >= 11 is 5.65. The van der Waals surface area contributed by atoms with Crippen LogP contribution in [0, 0.1) is 0 Å². The van der Waals surface area contributed by atoms with E-state index in [1.165, 1.54) is 25.7 Å². The Balaban J connectivity index is 1.78. The third kappa shape index (κ3) is 4.82. The van der Waals surface area contributed by atoms with Crippen LogP contribution in [0.4, 0.5) is 0 Å². The zero-order valence-electron chi connectivity index (χ0n) is 12.4. The molecule has 0 spiro atoms. The smallest absolute Gasteiger partial charge is 0.127 e. The number of phenolic OH excluding ortho intramolecular Hbond substituents is 1. The number of phenols is 1. The number of hydrogen-bond acceptors (Lipinski definition) is 2. The number of fused-ring (bicyclic) bond motifs is 1. The SMILES string of the molecule is Oc1ccc(OCCCCCCCCCl)c2ccccc12. The average Bonchev–Trinajstić information content (AvgIpc) is 2.52. The van der Waals surface area contributed by atoms with Crippen molar-refractivity contribution in [3.8, 4) is 11.5 Å². The van der Waals surface area contributed by atoms with Gasteiger partial charge < -0.3 is 9.84 Å². The monoisotopic (exact) mass is 306 g/mol. The highest BCUT2D eigenvalue weighted by Crippen LogP contribution is 2.32. The van der Waals surface area contributed by atoms with Gasteiger partial charge in [-0.05, 0) is 25.0 Å². The van der Waals surface area contributed by atoms with Crippen molar-refractivity contribution in [2.24, 2.45) is 0 Å². The van der Waals surface area contributed by atoms with Crippen LogP contribution in [0.3, 0.4) is 0 Å². The maximum atomic E-state index is 9.84. The van der Waals surface area contributed by atoms with Crippen molar-refractivity contribution in [2.75, 3.05) is 12.5 Å². The van der Waals surface area contributed by atoms with E-state index in [2.05, 4.69) is 0 Å². The Labute approximate surface area is 131 Å². The van der Waals surface area contributed by atoms with Crippen LogP contribution < -0.4 is 4.74 Å². The zero-order chi connectivity index (χ0) is 14.9. The number of hydrogen-bond donors (Lipinski definition) is 1. The van der Waals surface area contributed by atoms with E-state index in [1.807, 2.05) is 30.3 Å². The second kappa shape index (κ2) is 8.78. The molecule has 1 N–H and O–H groups in total. The summed E-state index contributed by atoms with van der Waals surface area (Å²) in [7, 11) is 0. The minimum Gasteiger partial charge on any atom is -0.507 e. The molecular weight excluding hydrogens is 284 g/mol. The number of unbranched alkanes of at least 4 members (excludes halogenated alkanes) is 5. The van der Waals surface area contributed by atoms with Gasteiger partial charge in [-0.2, -0.15) is 0 Å². The lowest BCUT2D eigenvalue weighted by Crippen LogP contribution is -1.98. The fraction of sp³-hybridized carbons (Fsp3) is 0.444. The van der Waals surface area contributed by atoms with E-state index in [9.17, 15) is 5.11 Å². The summed E-state index contributed by atoms with van der Waals surface area (Å²) in [6.07, 6.45) is 7.12. The van der Waals surface area contributed by atoms with Gasteiger partial charge in [0.05, 0.1) is 6.61 Å². The lowest BCUT2D eigenvalue weighted by atomic mass is 10.1. The van der Waals surface area contributed by atoms with E-state index in [0.29, 0.717) is 5.75 Å².